The van der Waals surface area contributed by atoms with Crippen LogP contribution in [0.3, 0.4) is 0 Å². The number of nitrogens with zero attached hydrogens (tertiary/aromatic N) is 1. The number of aromatic hydroxyl groups is 1. The van der Waals surface area contributed by atoms with Crippen LogP contribution < -0.4 is 21.7 Å². The molecule has 8 N–H and O–H groups in total. The molecule has 1 aromatic heterocycles. The number of carboxylic acid groups (broad SMARTS) is 1. The molecule has 0 saturated carbocycles. The number of amides is 3. The predicted molar refractivity (Wildman–Crippen MR) is 130 cm³/mol. The van der Waals surface area contributed by atoms with Gasteiger partial charge in [0.2, 0.25) is 17.7 Å². The van der Waals surface area contributed by atoms with Crippen LogP contribution in [0.1, 0.15) is 17.7 Å². The zero-order valence-electron chi connectivity index (χ0n) is 19.2. The van der Waals surface area contributed by atoms with Crippen molar-refractivity contribution in [1.29, 1.82) is 0 Å². The largest absolute Gasteiger partial charge is 0.508 e. The molecule has 190 valence electrons. The molecule has 3 amide bonds. The van der Waals surface area contributed by atoms with E-state index in [1.165, 1.54) is 30.2 Å². The van der Waals surface area contributed by atoms with E-state index in [4.69, 9.17) is 5.73 Å². The number of hydrogen-bond acceptors (Lipinski definition) is 8. The van der Waals surface area contributed by atoms with Crippen molar-refractivity contribution in [2.75, 3.05) is 18.6 Å². The molecule has 0 radical (unpaired) electrons. The summed E-state index contributed by atoms with van der Waals surface area (Å²) in [5, 5.41) is 26.0. The molecule has 2 rings (SSSR count). The molecule has 0 aliphatic heterocycles. The average molecular weight is 507 g/mol. The summed E-state index contributed by atoms with van der Waals surface area (Å²) < 4.78 is 0. The van der Waals surface area contributed by atoms with Crippen molar-refractivity contribution in [1.82, 2.24) is 25.9 Å². The van der Waals surface area contributed by atoms with E-state index >= 15 is 0 Å². The Morgan fingerprint density at radius 1 is 1.09 bits per heavy atom. The summed E-state index contributed by atoms with van der Waals surface area (Å²) in [7, 11) is 0. The lowest BCUT2D eigenvalue weighted by Crippen LogP contribution is -2.54. The smallest absolute Gasteiger partial charge is 0.326 e. The second-order valence-corrected chi connectivity index (χ2v) is 8.75. The molecule has 0 aliphatic rings. The Bertz CT molecular complexity index is 985. The molecule has 0 saturated heterocycles. The number of aliphatic carboxylic acids is 1. The second-order valence-electron chi connectivity index (χ2n) is 7.76. The van der Waals surface area contributed by atoms with Gasteiger partial charge in [-0.2, -0.15) is 11.8 Å². The SMILES string of the molecule is CSCC[C@H](NC(=O)CNC(=O)[C@H](Cc1c[nH]cn1)NC(=O)[C@@H](N)Cc1ccc(O)cc1)C(=O)O. The molecular weight excluding hydrogens is 476 g/mol. The van der Waals surface area contributed by atoms with Crippen molar-refractivity contribution in [3.63, 3.8) is 0 Å². The minimum Gasteiger partial charge on any atom is -0.508 e. The molecular formula is C22H30N6O6S. The van der Waals surface area contributed by atoms with Crippen LogP contribution in [0, 0.1) is 0 Å². The fraction of sp³-hybridized carbons (Fsp3) is 0.409. The van der Waals surface area contributed by atoms with Gasteiger partial charge in [0.15, 0.2) is 0 Å². The number of carbonyl (C=O) groups excluding carboxylic acids is 3. The van der Waals surface area contributed by atoms with E-state index in [-0.39, 0.29) is 25.0 Å². The molecule has 35 heavy (non-hydrogen) atoms. The van der Waals surface area contributed by atoms with Crippen LogP contribution in [0.5, 0.6) is 5.75 Å². The number of carboxylic acids is 1. The molecule has 3 atom stereocenters. The molecule has 12 nitrogen and oxygen atoms in total. The van der Waals surface area contributed by atoms with Gasteiger partial charge in [0, 0.05) is 12.6 Å². The van der Waals surface area contributed by atoms with Gasteiger partial charge in [-0.25, -0.2) is 9.78 Å². The number of hydrogen-bond donors (Lipinski definition) is 7. The fourth-order valence-corrected chi connectivity index (χ4v) is 3.58. The van der Waals surface area contributed by atoms with Crippen LogP contribution in [0.2, 0.25) is 0 Å². The Hall–Kier alpha value is -3.58. The molecule has 0 unspecified atom stereocenters. The van der Waals surface area contributed by atoms with Crippen LogP contribution in [-0.4, -0.2) is 80.6 Å². The third-order valence-corrected chi connectivity index (χ3v) is 5.64. The zero-order chi connectivity index (χ0) is 25.8. The Kier molecular flexibility index (Phi) is 11.0. The highest BCUT2D eigenvalue weighted by Gasteiger charge is 2.26. The quantitative estimate of drug-likeness (QED) is 0.170. The summed E-state index contributed by atoms with van der Waals surface area (Å²) in [4.78, 5) is 55.8. The highest BCUT2D eigenvalue weighted by atomic mass is 32.2. The van der Waals surface area contributed by atoms with E-state index in [2.05, 4.69) is 25.9 Å². The first-order valence-corrected chi connectivity index (χ1v) is 12.2. The number of H-pyrrole nitrogens is 1. The maximum absolute atomic E-state index is 12.8. The van der Waals surface area contributed by atoms with Gasteiger partial charge in [-0.1, -0.05) is 12.1 Å². The Morgan fingerprint density at radius 3 is 2.40 bits per heavy atom. The topological polar surface area (TPSA) is 200 Å². The first-order valence-electron chi connectivity index (χ1n) is 10.8. The highest BCUT2D eigenvalue weighted by molar-refractivity contribution is 7.98. The van der Waals surface area contributed by atoms with Gasteiger partial charge in [0.05, 0.1) is 24.6 Å². The van der Waals surface area contributed by atoms with Crippen molar-refractivity contribution >= 4 is 35.5 Å². The Balaban J connectivity index is 1.97. The maximum Gasteiger partial charge on any atom is 0.326 e. The third-order valence-electron chi connectivity index (χ3n) is 5.00. The number of aromatic nitrogens is 2. The number of imidazole rings is 1. The lowest BCUT2D eigenvalue weighted by Gasteiger charge is -2.20. The summed E-state index contributed by atoms with van der Waals surface area (Å²) in [6.45, 7) is -0.464. The molecule has 2 aromatic rings. The average Bonchev–Trinajstić information content (AvgIpc) is 3.34. The number of nitrogens with two attached hydrogens (primary N) is 1. The second kappa shape index (κ2) is 14.0. The molecule has 0 spiro atoms. The first-order chi connectivity index (χ1) is 16.7. The van der Waals surface area contributed by atoms with Crippen LogP contribution in [0.25, 0.3) is 0 Å². The predicted octanol–water partition coefficient (Wildman–Crippen LogP) is -0.849. The van der Waals surface area contributed by atoms with Crippen molar-refractivity contribution in [2.24, 2.45) is 5.73 Å². The van der Waals surface area contributed by atoms with Crippen LogP contribution in [-0.2, 0) is 32.0 Å². The van der Waals surface area contributed by atoms with E-state index in [0.717, 1.165) is 5.56 Å². The lowest BCUT2D eigenvalue weighted by atomic mass is 10.0. The summed E-state index contributed by atoms with van der Waals surface area (Å²) in [5.41, 5.74) is 7.24. The lowest BCUT2D eigenvalue weighted by molar-refractivity contribution is -0.141. The minimum absolute atomic E-state index is 0.0418. The molecule has 1 aromatic carbocycles. The van der Waals surface area contributed by atoms with Gasteiger partial charge < -0.3 is 36.9 Å². The summed E-state index contributed by atoms with van der Waals surface area (Å²) in [6, 6.07) is 3.13. The van der Waals surface area contributed by atoms with Gasteiger partial charge in [-0.15, -0.1) is 0 Å². The van der Waals surface area contributed by atoms with Gasteiger partial charge >= 0.3 is 5.97 Å². The van der Waals surface area contributed by atoms with E-state index in [1.807, 2.05) is 6.26 Å². The van der Waals surface area contributed by atoms with E-state index < -0.39 is 48.4 Å². The number of thioether (sulfide) groups is 1. The van der Waals surface area contributed by atoms with Gasteiger partial charge in [-0.3, -0.25) is 14.4 Å². The number of phenolic OH excluding ortho intramolecular Hbond substituents is 1. The maximum atomic E-state index is 12.8. The zero-order valence-corrected chi connectivity index (χ0v) is 20.0. The first kappa shape index (κ1) is 27.7. The van der Waals surface area contributed by atoms with Crippen molar-refractivity contribution < 1.29 is 29.4 Å². The van der Waals surface area contributed by atoms with E-state index in [9.17, 15) is 29.4 Å². The van der Waals surface area contributed by atoms with E-state index in [1.54, 1.807) is 18.3 Å². The van der Waals surface area contributed by atoms with Crippen molar-refractivity contribution in [3.8, 4) is 5.75 Å². The molecule has 0 bridgehead atoms. The number of benzene rings is 1. The normalized spacial score (nSPS) is 13.3. The third kappa shape index (κ3) is 9.66. The Morgan fingerprint density at radius 2 is 1.80 bits per heavy atom. The Labute approximate surface area is 206 Å². The van der Waals surface area contributed by atoms with Crippen LogP contribution in [0.15, 0.2) is 36.8 Å². The summed E-state index contributed by atoms with van der Waals surface area (Å²) in [6.07, 6.45) is 5.28. The van der Waals surface area contributed by atoms with Crippen LogP contribution in [0.4, 0.5) is 0 Å². The highest BCUT2D eigenvalue weighted by Crippen LogP contribution is 2.11. The van der Waals surface area contributed by atoms with Crippen molar-refractivity contribution in [2.45, 2.75) is 37.4 Å². The number of phenols is 1. The fourth-order valence-electron chi connectivity index (χ4n) is 3.11. The van der Waals surface area contributed by atoms with Crippen molar-refractivity contribution in [3.05, 3.63) is 48.0 Å². The van der Waals surface area contributed by atoms with Crippen LogP contribution >= 0.6 is 11.8 Å². The van der Waals surface area contributed by atoms with Gasteiger partial charge in [-0.05, 0) is 42.5 Å². The van der Waals surface area contributed by atoms with Gasteiger partial charge in [0.25, 0.3) is 0 Å². The molecule has 13 heteroatoms. The summed E-state index contributed by atoms with van der Waals surface area (Å²) in [5.74, 6) is -2.42. The summed E-state index contributed by atoms with van der Waals surface area (Å²) >= 11 is 1.45. The monoisotopic (exact) mass is 506 g/mol. The molecule has 1 heterocycles. The van der Waals surface area contributed by atoms with Gasteiger partial charge in [0.1, 0.15) is 17.8 Å². The number of nitrogens with one attached hydrogen (secondary N) is 4. The van der Waals surface area contributed by atoms with E-state index in [0.29, 0.717) is 11.4 Å². The molecule has 0 fully saturated rings. The number of rotatable bonds is 14. The minimum atomic E-state index is -1.16. The number of aromatic amines is 1. The standard InChI is InChI=1S/C22H30N6O6S/c1-35-7-6-17(22(33)34)27-19(30)11-25-21(32)18(9-14-10-24-12-26-14)28-20(31)16(23)8-13-2-4-15(29)5-3-13/h2-5,10,12,16-18,29H,6-9,11,23H2,1H3,(H,24,26)(H,25,32)(H,27,30)(H,28,31)(H,33,34)/t16-,17-,18-/m0/s1. The molecule has 0 aliphatic carbocycles. The number of carbonyl (C=O) groups is 4.